The number of carbonyl (C=O) groups is 1. The van der Waals surface area contributed by atoms with Crippen molar-refractivity contribution in [3.63, 3.8) is 0 Å². The summed E-state index contributed by atoms with van der Waals surface area (Å²) in [5, 5.41) is 2.99. The Bertz CT molecular complexity index is 1180. The van der Waals surface area contributed by atoms with Gasteiger partial charge in [-0.2, -0.15) is 0 Å². The van der Waals surface area contributed by atoms with Gasteiger partial charge < -0.3 is 14.6 Å². The van der Waals surface area contributed by atoms with Crippen LogP contribution in [0.15, 0.2) is 104 Å². The summed E-state index contributed by atoms with van der Waals surface area (Å²) in [6.45, 7) is 5.61. The van der Waals surface area contributed by atoms with Crippen LogP contribution in [0, 0.1) is 0 Å². The van der Waals surface area contributed by atoms with Gasteiger partial charge in [0.2, 0.25) is 0 Å². The Hall–Kier alpha value is -3.86. The Morgan fingerprint density at radius 3 is 1.80 bits per heavy atom. The lowest BCUT2D eigenvalue weighted by Crippen LogP contribution is -2.37. The molecule has 0 spiro atoms. The molecule has 1 N–H and O–H groups in total. The minimum Gasteiger partial charge on any atom is -0.444 e. The Kier molecular flexibility index (Phi) is 5.93. The molecule has 0 saturated heterocycles. The zero-order valence-corrected chi connectivity index (χ0v) is 20.4. The average Bonchev–Trinajstić information content (AvgIpc) is 3.43. The summed E-state index contributed by atoms with van der Waals surface area (Å²) >= 11 is 0. The number of carbonyl (C=O) groups excluding carboxylic acids is 1. The molecule has 1 aromatic heterocycles. The monoisotopic (exact) mass is 465 g/mol. The number of nitrogens with one attached hydrogen (secondary N) is 1. The number of rotatable bonds is 6. The third kappa shape index (κ3) is 4.59. The van der Waals surface area contributed by atoms with E-state index in [0.29, 0.717) is 0 Å². The van der Waals surface area contributed by atoms with E-state index in [1.165, 1.54) is 0 Å². The fourth-order valence-electron chi connectivity index (χ4n) is 4.84. The largest absolute Gasteiger partial charge is 0.444 e. The smallest absolute Gasteiger partial charge is 0.407 e. The predicted octanol–water partition coefficient (Wildman–Crippen LogP) is 6.10. The molecule has 1 aliphatic carbocycles. The van der Waals surface area contributed by atoms with Crippen LogP contribution in [0.5, 0.6) is 0 Å². The summed E-state index contributed by atoms with van der Waals surface area (Å²) < 4.78 is 7.64. The zero-order chi connectivity index (χ0) is 24.5. The summed E-state index contributed by atoms with van der Waals surface area (Å²) in [6.07, 6.45) is 4.53. The third-order valence-corrected chi connectivity index (χ3v) is 6.44. The second-order valence-corrected chi connectivity index (χ2v) is 10.1. The minimum atomic E-state index is -0.585. The van der Waals surface area contributed by atoms with Gasteiger partial charge >= 0.3 is 6.09 Å². The molecule has 0 bridgehead atoms. The maximum absolute atomic E-state index is 12.2. The summed E-state index contributed by atoms with van der Waals surface area (Å²) in [6, 6.07) is 31.7. The molecular weight excluding hydrogens is 434 g/mol. The molecule has 35 heavy (non-hydrogen) atoms. The first kappa shape index (κ1) is 22.9. The highest BCUT2D eigenvalue weighted by atomic mass is 16.6. The topological polar surface area (TPSA) is 56.1 Å². The molecule has 1 fully saturated rings. The van der Waals surface area contributed by atoms with E-state index in [-0.39, 0.29) is 18.1 Å². The predicted molar refractivity (Wildman–Crippen MR) is 137 cm³/mol. The van der Waals surface area contributed by atoms with Crippen LogP contribution in [0.1, 0.15) is 55.5 Å². The molecule has 4 aromatic rings. The van der Waals surface area contributed by atoms with E-state index in [4.69, 9.17) is 9.72 Å². The zero-order valence-electron chi connectivity index (χ0n) is 20.4. The Morgan fingerprint density at radius 1 is 0.857 bits per heavy atom. The van der Waals surface area contributed by atoms with Gasteiger partial charge in [-0.3, -0.25) is 0 Å². The second-order valence-electron chi connectivity index (χ2n) is 10.1. The fourth-order valence-corrected chi connectivity index (χ4v) is 4.84. The van der Waals surface area contributed by atoms with Crippen LogP contribution >= 0.6 is 0 Å². The molecule has 0 radical (unpaired) electrons. The first-order valence-electron chi connectivity index (χ1n) is 12.1. The van der Waals surface area contributed by atoms with E-state index in [0.717, 1.165) is 28.8 Å². The summed E-state index contributed by atoms with van der Waals surface area (Å²) in [7, 11) is 0. The van der Waals surface area contributed by atoms with Gasteiger partial charge in [0.1, 0.15) is 11.1 Å². The highest BCUT2D eigenvalue weighted by Crippen LogP contribution is 2.44. The quantitative estimate of drug-likeness (QED) is 0.350. The maximum Gasteiger partial charge on any atom is 0.407 e. The van der Waals surface area contributed by atoms with E-state index < -0.39 is 11.1 Å². The molecule has 178 valence electrons. The third-order valence-electron chi connectivity index (χ3n) is 6.44. The van der Waals surface area contributed by atoms with Crippen molar-refractivity contribution in [2.45, 2.75) is 50.3 Å². The van der Waals surface area contributed by atoms with E-state index >= 15 is 0 Å². The molecule has 1 aliphatic rings. The first-order valence-corrected chi connectivity index (χ1v) is 12.1. The number of aromatic nitrogens is 2. The van der Waals surface area contributed by atoms with Crippen molar-refractivity contribution in [2.24, 2.45) is 0 Å². The van der Waals surface area contributed by atoms with E-state index in [1.54, 1.807) is 0 Å². The van der Waals surface area contributed by atoms with Gasteiger partial charge in [0, 0.05) is 18.2 Å². The summed E-state index contributed by atoms with van der Waals surface area (Å²) in [5.74, 6) is 0.170. The van der Waals surface area contributed by atoms with E-state index in [9.17, 15) is 4.79 Å². The number of nitrogens with zero attached hydrogens (tertiary/aromatic N) is 2. The van der Waals surface area contributed by atoms with Crippen molar-refractivity contribution in [1.29, 1.82) is 0 Å². The van der Waals surface area contributed by atoms with Crippen molar-refractivity contribution < 1.29 is 9.53 Å². The van der Waals surface area contributed by atoms with Gasteiger partial charge in [0.05, 0.1) is 12.0 Å². The van der Waals surface area contributed by atoms with Crippen LogP contribution < -0.4 is 5.32 Å². The van der Waals surface area contributed by atoms with Crippen molar-refractivity contribution in [3.8, 4) is 0 Å². The Morgan fingerprint density at radius 2 is 1.34 bits per heavy atom. The lowest BCUT2D eigenvalue weighted by molar-refractivity contribution is 0.0522. The molecule has 1 saturated carbocycles. The fraction of sp³-hybridized carbons (Fsp3) is 0.267. The molecule has 0 unspecified atom stereocenters. The molecule has 5 rings (SSSR count). The molecule has 1 amide bonds. The van der Waals surface area contributed by atoms with Gasteiger partial charge in [-0.1, -0.05) is 91.0 Å². The van der Waals surface area contributed by atoms with Crippen LogP contribution in [0.3, 0.4) is 0 Å². The standard InChI is InChI=1S/C30H31N3O2/c1-29(2,3)35-28(34)32-26-19-25(26)27-20-33(21-31-27)30(22-13-7-4-8-14-22,23-15-9-5-10-16-23)24-17-11-6-12-18-24/h4-18,20-21,25-26H,19H2,1-3H3,(H,32,34)/t25-,26+/m0/s1. The number of alkyl carbamates (subject to hydrolysis) is 1. The number of ether oxygens (including phenoxy) is 1. The SMILES string of the molecule is CC(C)(C)OC(=O)N[C@@H]1C[C@@H]1c1cn(C(c2ccccc2)(c2ccccc2)c2ccccc2)cn1. The lowest BCUT2D eigenvalue weighted by Gasteiger charge is -2.37. The van der Waals surface area contributed by atoms with Gasteiger partial charge in [0.25, 0.3) is 0 Å². The van der Waals surface area contributed by atoms with Crippen LogP contribution in [-0.2, 0) is 10.3 Å². The van der Waals surface area contributed by atoms with Crippen LogP contribution in [-0.4, -0.2) is 27.3 Å². The van der Waals surface area contributed by atoms with Gasteiger partial charge in [-0.05, 0) is 43.9 Å². The lowest BCUT2D eigenvalue weighted by atomic mass is 9.77. The maximum atomic E-state index is 12.2. The average molecular weight is 466 g/mol. The normalized spacial score (nSPS) is 17.6. The molecule has 1 heterocycles. The van der Waals surface area contributed by atoms with Crippen molar-refractivity contribution in [3.05, 3.63) is 126 Å². The van der Waals surface area contributed by atoms with Gasteiger partial charge in [-0.25, -0.2) is 9.78 Å². The van der Waals surface area contributed by atoms with Crippen LogP contribution in [0.2, 0.25) is 0 Å². The summed E-state index contributed by atoms with van der Waals surface area (Å²) in [4.78, 5) is 17.1. The van der Waals surface area contributed by atoms with Crippen LogP contribution in [0.4, 0.5) is 4.79 Å². The second kappa shape index (κ2) is 9.06. The first-order chi connectivity index (χ1) is 16.9. The number of amides is 1. The molecule has 5 nitrogen and oxygen atoms in total. The Labute approximate surface area is 206 Å². The van der Waals surface area contributed by atoms with Crippen molar-refractivity contribution >= 4 is 6.09 Å². The molecular formula is C30H31N3O2. The van der Waals surface area contributed by atoms with Gasteiger partial charge in [0.15, 0.2) is 0 Å². The van der Waals surface area contributed by atoms with E-state index in [2.05, 4.69) is 88.9 Å². The molecule has 5 heteroatoms. The van der Waals surface area contributed by atoms with Crippen LogP contribution in [0.25, 0.3) is 0 Å². The number of benzene rings is 3. The van der Waals surface area contributed by atoms with Crippen molar-refractivity contribution in [1.82, 2.24) is 14.9 Å². The minimum absolute atomic E-state index is 0.0350. The number of imidazole rings is 1. The molecule has 0 aliphatic heterocycles. The highest BCUT2D eigenvalue weighted by molar-refractivity contribution is 5.69. The molecule has 2 atom stereocenters. The number of hydrogen-bond acceptors (Lipinski definition) is 3. The number of hydrogen-bond donors (Lipinski definition) is 1. The highest BCUT2D eigenvalue weighted by Gasteiger charge is 2.44. The van der Waals surface area contributed by atoms with Gasteiger partial charge in [-0.15, -0.1) is 0 Å². The van der Waals surface area contributed by atoms with Crippen molar-refractivity contribution in [2.75, 3.05) is 0 Å². The molecule has 3 aromatic carbocycles. The summed E-state index contributed by atoms with van der Waals surface area (Å²) in [5.41, 5.74) is 3.33. The Balaban J connectivity index is 1.54. The van der Waals surface area contributed by atoms with E-state index in [1.807, 2.05) is 45.3 Å².